The maximum atomic E-state index is 12.3. The Kier molecular flexibility index (Phi) is 3.58. The van der Waals surface area contributed by atoms with E-state index in [2.05, 4.69) is 0 Å². The lowest BCUT2D eigenvalue weighted by atomic mass is 10.1. The molecule has 94 valence electrons. The van der Waals surface area contributed by atoms with Gasteiger partial charge in [-0.15, -0.1) is 0 Å². The van der Waals surface area contributed by atoms with Crippen molar-refractivity contribution in [1.29, 1.82) is 0 Å². The van der Waals surface area contributed by atoms with Crippen LogP contribution in [0.25, 0.3) is 0 Å². The number of hydrogen-bond acceptors (Lipinski definition) is 4. The molecule has 0 unspecified atom stereocenters. The highest BCUT2D eigenvalue weighted by atomic mass is 35.5. The van der Waals surface area contributed by atoms with Gasteiger partial charge < -0.3 is 13.9 Å². The number of halogens is 1. The number of hydrogen-bond donors (Lipinski definition) is 0. The summed E-state index contributed by atoms with van der Waals surface area (Å²) < 4.78 is 15.4. The summed E-state index contributed by atoms with van der Waals surface area (Å²) in [7, 11) is 2.92. The Balaban J connectivity index is 2.61. The molecule has 0 aliphatic carbocycles. The molecule has 5 heteroatoms. The summed E-state index contributed by atoms with van der Waals surface area (Å²) in [5.41, 5.74) is 0.252. The van der Waals surface area contributed by atoms with Crippen LogP contribution in [0.2, 0.25) is 5.02 Å². The number of methoxy groups -OCH3 is 2. The normalized spacial score (nSPS) is 10.2. The maximum absolute atomic E-state index is 12.3. The first-order chi connectivity index (χ1) is 8.69. The van der Waals surface area contributed by atoms with Crippen LogP contribution in [0.5, 0.6) is 11.5 Å². The van der Waals surface area contributed by atoms with Gasteiger partial charge in [-0.05, 0) is 24.3 Å². The lowest BCUT2D eigenvalue weighted by Crippen LogP contribution is -2.06. The quantitative estimate of drug-likeness (QED) is 0.798. The minimum absolute atomic E-state index is 0.203. The van der Waals surface area contributed by atoms with Gasteiger partial charge in [-0.3, -0.25) is 4.79 Å². The molecule has 0 aliphatic rings. The molecule has 18 heavy (non-hydrogen) atoms. The predicted octanol–water partition coefficient (Wildman–Crippen LogP) is 3.18. The van der Waals surface area contributed by atoms with Crippen LogP contribution in [0.1, 0.15) is 16.1 Å². The molecule has 0 atom stereocenters. The van der Waals surface area contributed by atoms with Crippen molar-refractivity contribution in [3.63, 3.8) is 0 Å². The molecule has 0 saturated heterocycles. The van der Waals surface area contributed by atoms with Gasteiger partial charge in [0, 0.05) is 0 Å². The zero-order valence-electron chi connectivity index (χ0n) is 9.90. The zero-order valence-corrected chi connectivity index (χ0v) is 10.7. The highest BCUT2D eigenvalue weighted by Gasteiger charge is 2.23. The third kappa shape index (κ3) is 2.07. The lowest BCUT2D eigenvalue weighted by molar-refractivity contribution is 0.100. The lowest BCUT2D eigenvalue weighted by Gasteiger charge is -2.12. The van der Waals surface area contributed by atoms with Crippen molar-refractivity contribution < 1.29 is 18.7 Å². The fourth-order valence-electron chi connectivity index (χ4n) is 1.65. The van der Waals surface area contributed by atoms with E-state index in [4.69, 9.17) is 25.5 Å². The average Bonchev–Trinajstić information content (AvgIpc) is 2.91. The van der Waals surface area contributed by atoms with Crippen LogP contribution in [0.3, 0.4) is 0 Å². The highest BCUT2D eigenvalue weighted by molar-refractivity contribution is 6.33. The molecule has 0 spiro atoms. The largest absolute Gasteiger partial charge is 0.496 e. The Morgan fingerprint density at radius 2 is 2.00 bits per heavy atom. The van der Waals surface area contributed by atoms with E-state index in [1.807, 2.05) is 0 Å². The van der Waals surface area contributed by atoms with Gasteiger partial charge in [0.2, 0.25) is 5.78 Å². The molecule has 0 fully saturated rings. The molecule has 1 heterocycles. The van der Waals surface area contributed by atoms with Crippen LogP contribution in [-0.2, 0) is 0 Å². The average molecular weight is 267 g/mol. The van der Waals surface area contributed by atoms with Crippen molar-refractivity contribution >= 4 is 17.4 Å². The molecule has 1 aromatic carbocycles. The topological polar surface area (TPSA) is 48.7 Å². The summed E-state index contributed by atoms with van der Waals surface area (Å²) in [6.45, 7) is 0. The second-order valence-electron chi connectivity index (χ2n) is 3.46. The van der Waals surface area contributed by atoms with E-state index in [9.17, 15) is 4.79 Å². The van der Waals surface area contributed by atoms with Gasteiger partial charge in [0.25, 0.3) is 0 Å². The van der Waals surface area contributed by atoms with Gasteiger partial charge in [-0.2, -0.15) is 0 Å². The summed E-state index contributed by atoms with van der Waals surface area (Å²) in [5.74, 6) is 0.528. The van der Waals surface area contributed by atoms with E-state index in [-0.39, 0.29) is 22.9 Å². The summed E-state index contributed by atoms with van der Waals surface area (Å²) in [4.78, 5) is 12.3. The molecular formula is C13H11ClO4. The Hall–Kier alpha value is -1.94. The zero-order chi connectivity index (χ0) is 13.1. The Morgan fingerprint density at radius 3 is 2.56 bits per heavy atom. The Labute approximate surface area is 109 Å². The van der Waals surface area contributed by atoms with Crippen molar-refractivity contribution in [3.8, 4) is 11.5 Å². The van der Waals surface area contributed by atoms with Crippen LogP contribution in [-0.4, -0.2) is 20.0 Å². The van der Waals surface area contributed by atoms with E-state index in [0.29, 0.717) is 10.8 Å². The van der Waals surface area contributed by atoms with Gasteiger partial charge >= 0.3 is 0 Å². The van der Waals surface area contributed by atoms with Crippen molar-refractivity contribution in [3.05, 3.63) is 46.9 Å². The van der Waals surface area contributed by atoms with Gasteiger partial charge in [0.15, 0.2) is 11.5 Å². The SMILES string of the molecule is COc1ccc(Cl)c(OC)c1C(=O)c1ccco1. The van der Waals surface area contributed by atoms with Gasteiger partial charge in [0.05, 0.1) is 25.5 Å². The molecule has 0 aliphatic heterocycles. The fourth-order valence-corrected chi connectivity index (χ4v) is 1.89. The number of ether oxygens (including phenoxy) is 2. The molecule has 0 N–H and O–H groups in total. The number of carbonyl (C=O) groups is 1. The monoisotopic (exact) mass is 266 g/mol. The number of rotatable bonds is 4. The molecule has 0 saturated carbocycles. The molecular weight excluding hydrogens is 256 g/mol. The Morgan fingerprint density at radius 1 is 1.22 bits per heavy atom. The van der Waals surface area contributed by atoms with Crippen LogP contribution in [0.15, 0.2) is 34.9 Å². The van der Waals surface area contributed by atoms with Gasteiger partial charge in [-0.25, -0.2) is 0 Å². The van der Waals surface area contributed by atoms with Crippen LogP contribution < -0.4 is 9.47 Å². The van der Waals surface area contributed by atoms with Crippen LogP contribution in [0, 0.1) is 0 Å². The first-order valence-corrected chi connectivity index (χ1v) is 5.55. The first-order valence-electron chi connectivity index (χ1n) is 5.17. The summed E-state index contributed by atoms with van der Waals surface area (Å²) in [5, 5.41) is 0.341. The van der Waals surface area contributed by atoms with Crippen molar-refractivity contribution in [2.45, 2.75) is 0 Å². The molecule has 0 radical (unpaired) electrons. The molecule has 2 aromatic rings. The predicted molar refractivity (Wildman–Crippen MR) is 66.7 cm³/mol. The van der Waals surface area contributed by atoms with E-state index < -0.39 is 0 Å². The van der Waals surface area contributed by atoms with Crippen LogP contribution >= 0.6 is 11.6 Å². The van der Waals surface area contributed by atoms with E-state index in [1.165, 1.54) is 20.5 Å². The molecule has 0 bridgehead atoms. The minimum Gasteiger partial charge on any atom is -0.496 e. The van der Waals surface area contributed by atoms with Crippen molar-refractivity contribution in [2.75, 3.05) is 14.2 Å². The summed E-state index contributed by atoms with van der Waals surface area (Å²) in [6, 6.07) is 6.43. The number of benzene rings is 1. The van der Waals surface area contributed by atoms with Gasteiger partial charge in [0.1, 0.15) is 11.3 Å². The maximum Gasteiger partial charge on any atom is 0.235 e. The van der Waals surface area contributed by atoms with Crippen molar-refractivity contribution in [2.24, 2.45) is 0 Å². The van der Waals surface area contributed by atoms with E-state index >= 15 is 0 Å². The van der Waals surface area contributed by atoms with E-state index in [0.717, 1.165) is 0 Å². The second kappa shape index (κ2) is 5.14. The summed E-state index contributed by atoms with van der Waals surface area (Å²) in [6.07, 6.45) is 1.43. The van der Waals surface area contributed by atoms with Crippen molar-refractivity contribution in [1.82, 2.24) is 0 Å². The Bertz CT molecular complexity index is 561. The third-order valence-electron chi connectivity index (χ3n) is 2.47. The number of ketones is 1. The standard InChI is InChI=1S/C13H11ClO4/c1-16-9-6-5-8(14)13(17-2)11(9)12(15)10-4-3-7-18-10/h3-7H,1-2H3. The molecule has 1 aromatic heterocycles. The molecule has 0 amide bonds. The molecule has 2 rings (SSSR count). The first kappa shape index (κ1) is 12.5. The summed E-state index contributed by atoms with van der Waals surface area (Å²) >= 11 is 6.00. The highest BCUT2D eigenvalue weighted by Crippen LogP contribution is 2.36. The second-order valence-corrected chi connectivity index (χ2v) is 3.87. The van der Waals surface area contributed by atoms with Crippen LogP contribution in [0.4, 0.5) is 0 Å². The third-order valence-corrected chi connectivity index (χ3v) is 2.77. The molecule has 4 nitrogen and oxygen atoms in total. The number of furan rings is 1. The smallest absolute Gasteiger partial charge is 0.235 e. The van der Waals surface area contributed by atoms with E-state index in [1.54, 1.807) is 24.3 Å². The minimum atomic E-state index is -0.337. The van der Waals surface area contributed by atoms with Gasteiger partial charge in [-0.1, -0.05) is 11.6 Å². The fraction of sp³-hybridized carbons (Fsp3) is 0.154. The number of carbonyl (C=O) groups excluding carboxylic acids is 1.